The largest absolute Gasteiger partial charge is 0.496 e. The molecule has 0 bridgehead atoms. The maximum absolute atomic E-state index is 10.6. The summed E-state index contributed by atoms with van der Waals surface area (Å²) in [6, 6.07) is 4.92. The van der Waals surface area contributed by atoms with Crippen LogP contribution in [0.4, 0.5) is 0 Å². The van der Waals surface area contributed by atoms with Crippen molar-refractivity contribution in [2.75, 3.05) is 13.7 Å². The van der Waals surface area contributed by atoms with Crippen molar-refractivity contribution in [3.05, 3.63) is 28.8 Å². The predicted molar refractivity (Wildman–Crippen MR) is 60.1 cm³/mol. The minimum atomic E-state index is -0.971. The van der Waals surface area contributed by atoms with Gasteiger partial charge in [-0.2, -0.15) is 0 Å². The number of benzene rings is 1. The average Bonchev–Trinajstić information content (AvgIpc) is 2.25. The molecule has 0 aliphatic carbocycles. The summed E-state index contributed by atoms with van der Waals surface area (Å²) < 4.78 is 5.10. The van der Waals surface area contributed by atoms with Crippen LogP contribution >= 0.6 is 11.6 Å². The zero-order valence-electron chi connectivity index (χ0n) is 8.81. The third-order valence-corrected chi connectivity index (χ3v) is 2.51. The number of hydrogen-bond acceptors (Lipinski definition) is 3. The van der Waals surface area contributed by atoms with Crippen molar-refractivity contribution >= 4 is 17.6 Å². The number of aliphatic carboxylic acids is 1. The highest BCUT2D eigenvalue weighted by Gasteiger charge is 2.18. The fourth-order valence-electron chi connectivity index (χ4n) is 1.51. The van der Waals surface area contributed by atoms with E-state index in [-0.39, 0.29) is 13.0 Å². The van der Waals surface area contributed by atoms with E-state index < -0.39 is 11.9 Å². The molecule has 0 spiro atoms. The smallest absolute Gasteiger partial charge is 0.304 e. The van der Waals surface area contributed by atoms with E-state index in [0.29, 0.717) is 16.3 Å². The second-order valence-electron chi connectivity index (χ2n) is 3.36. The number of carboxylic acids is 1. The molecular weight excluding hydrogens is 232 g/mol. The quantitative estimate of drug-likeness (QED) is 0.830. The summed E-state index contributed by atoms with van der Waals surface area (Å²) in [5.41, 5.74) is 0.611. The first-order chi connectivity index (χ1) is 7.58. The Morgan fingerprint density at radius 3 is 2.75 bits per heavy atom. The molecule has 2 N–H and O–H groups in total. The highest BCUT2D eigenvalue weighted by atomic mass is 35.5. The van der Waals surface area contributed by atoms with Gasteiger partial charge in [0.1, 0.15) is 5.75 Å². The molecule has 0 aromatic heterocycles. The number of methoxy groups -OCH3 is 1. The van der Waals surface area contributed by atoms with E-state index >= 15 is 0 Å². The zero-order chi connectivity index (χ0) is 12.1. The Kier molecular flexibility index (Phi) is 4.58. The minimum Gasteiger partial charge on any atom is -0.496 e. The van der Waals surface area contributed by atoms with Crippen LogP contribution in [0.2, 0.25) is 5.02 Å². The maximum Gasteiger partial charge on any atom is 0.304 e. The Hall–Kier alpha value is -1.26. The zero-order valence-corrected chi connectivity index (χ0v) is 9.57. The number of carboxylic acid groups (broad SMARTS) is 1. The molecule has 0 heterocycles. The van der Waals surface area contributed by atoms with Crippen LogP contribution < -0.4 is 4.74 Å². The summed E-state index contributed by atoms with van der Waals surface area (Å²) in [7, 11) is 1.49. The van der Waals surface area contributed by atoms with Crippen LogP contribution in [-0.4, -0.2) is 29.9 Å². The molecule has 1 aromatic carbocycles. The molecule has 0 aliphatic heterocycles. The SMILES string of the molecule is COc1ccc(Cl)cc1C(CO)CC(=O)O. The van der Waals surface area contributed by atoms with Crippen molar-refractivity contribution < 1.29 is 19.7 Å². The lowest BCUT2D eigenvalue weighted by atomic mass is 9.96. The molecule has 5 heteroatoms. The van der Waals surface area contributed by atoms with Crippen LogP contribution in [0.3, 0.4) is 0 Å². The molecule has 0 fully saturated rings. The highest BCUT2D eigenvalue weighted by Crippen LogP contribution is 2.31. The number of hydrogen-bond donors (Lipinski definition) is 2. The van der Waals surface area contributed by atoms with E-state index in [1.165, 1.54) is 7.11 Å². The number of carbonyl (C=O) groups is 1. The molecule has 0 radical (unpaired) electrons. The van der Waals surface area contributed by atoms with Crippen LogP contribution in [-0.2, 0) is 4.79 Å². The predicted octanol–water partition coefficient (Wildman–Crippen LogP) is 1.90. The average molecular weight is 245 g/mol. The van der Waals surface area contributed by atoms with Gasteiger partial charge in [0, 0.05) is 16.5 Å². The lowest BCUT2D eigenvalue weighted by molar-refractivity contribution is -0.137. The first-order valence-electron chi connectivity index (χ1n) is 4.74. The Labute approximate surface area is 98.4 Å². The molecule has 0 saturated heterocycles. The molecule has 1 aromatic rings. The number of ether oxygens (including phenoxy) is 1. The van der Waals surface area contributed by atoms with Crippen LogP contribution in [0.1, 0.15) is 17.9 Å². The molecule has 1 rings (SSSR count). The van der Waals surface area contributed by atoms with Crippen molar-refractivity contribution in [1.29, 1.82) is 0 Å². The molecule has 4 nitrogen and oxygen atoms in total. The van der Waals surface area contributed by atoms with E-state index in [9.17, 15) is 9.90 Å². The topological polar surface area (TPSA) is 66.8 Å². The van der Waals surface area contributed by atoms with Gasteiger partial charge in [0.15, 0.2) is 0 Å². The van der Waals surface area contributed by atoms with E-state index in [2.05, 4.69) is 0 Å². The molecular formula is C11H13ClO4. The van der Waals surface area contributed by atoms with Gasteiger partial charge in [-0.1, -0.05) is 11.6 Å². The molecule has 0 amide bonds. The fourth-order valence-corrected chi connectivity index (χ4v) is 1.69. The minimum absolute atomic E-state index is 0.160. The van der Waals surface area contributed by atoms with E-state index in [1.807, 2.05) is 0 Å². The third kappa shape index (κ3) is 3.12. The van der Waals surface area contributed by atoms with Crippen LogP contribution in [0, 0.1) is 0 Å². The summed E-state index contributed by atoms with van der Waals surface area (Å²) >= 11 is 5.83. The van der Waals surface area contributed by atoms with E-state index in [4.69, 9.17) is 21.4 Å². The van der Waals surface area contributed by atoms with Crippen molar-refractivity contribution in [3.8, 4) is 5.75 Å². The molecule has 0 aliphatic rings. The first-order valence-corrected chi connectivity index (χ1v) is 5.12. The summed E-state index contributed by atoms with van der Waals surface area (Å²) in [4.78, 5) is 10.6. The summed E-state index contributed by atoms with van der Waals surface area (Å²) in [5, 5.41) is 18.4. The lowest BCUT2D eigenvalue weighted by Gasteiger charge is -2.16. The van der Waals surface area contributed by atoms with Gasteiger partial charge in [0.05, 0.1) is 20.1 Å². The Bertz CT molecular complexity index is 378. The van der Waals surface area contributed by atoms with Gasteiger partial charge in [-0.3, -0.25) is 4.79 Å². The molecule has 1 atom stereocenters. The van der Waals surface area contributed by atoms with Gasteiger partial charge in [0.2, 0.25) is 0 Å². The number of aliphatic hydroxyl groups excluding tert-OH is 1. The maximum atomic E-state index is 10.6. The summed E-state index contributed by atoms with van der Waals surface area (Å²) in [5.74, 6) is -0.947. The summed E-state index contributed by atoms with van der Waals surface area (Å²) in [6.07, 6.45) is -0.160. The van der Waals surface area contributed by atoms with Crippen LogP contribution in [0.15, 0.2) is 18.2 Å². The monoisotopic (exact) mass is 244 g/mol. The van der Waals surface area contributed by atoms with Crippen LogP contribution in [0.25, 0.3) is 0 Å². The number of aliphatic hydroxyl groups is 1. The third-order valence-electron chi connectivity index (χ3n) is 2.27. The van der Waals surface area contributed by atoms with Crippen molar-refractivity contribution in [2.45, 2.75) is 12.3 Å². The van der Waals surface area contributed by atoms with Crippen molar-refractivity contribution in [3.63, 3.8) is 0 Å². The second-order valence-corrected chi connectivity index (χ2v) is 3.80. The van der Waals surface area contributed by atoms with E-state index in [0.717, 1.165) is 0 Å². The highest BCUT2D eigenvalue weighted by molar-refractivity contribution is 6.30. The normalized spacial score (nSPS) is 12.2. The Morgan fingerprint density at radius 2 is 2.25 bits per heavy atom. The standard InChI is InChI=1S/C11H13ClO4/c1-16-10-3-2-8(12)5-9(10)7(6-13)4-11(14)15/h2-3,5,7,13H,4,6H2,1H3,(H,14,15). The van der Waals surface area contributed by atoms with Crippen LogP contribution in [0.5, 0.6) is 5.75 Å². The summed E-state index contributed by atoms with van der Waals surface area (Å²) in [6.45, 7) is -0.261. The molecule has 88 valence electrons. The van der Waals surface area contributed by atoms with Gasteiger partial charge in [-0.25, -0.2) is 0 Å². The number of halogens is 1. The molecule has 1 unspecified atom stereocenters. The number of rotatable bonds is 5. The second kappa shape index (κ2) is 5.72. The lowest BCUT2D eigenvalue weighted by Crippen LogP contribution is -2.11. The first kappa shape index (κ1) is 12.8. The van der Waals surface area contributed by atoms with Gasteiger partial charge < -0.3 is 14.9 Å². The van der Waals surface area contributed by atoms with Crippen molar-refractivity contribution in [1.82, 2.24) is 0 Å². The van der Waals surface area contributed by atoms with Gasteiger partial charge in [-0.05, 0) is 18.2 Å². The molecule has 0 saturated carbocycles. The molecule has 16 heavy (non-hydrogen) atoms. The van der Waals surface area contributed by atoms with Gasteiger partial charge in [-0.15, -0.1) is 0 Å². The van der Waals surface area contributed by atoms with Gasteiger partial charge >= 0.3 is 5.97 Å². The van der Waals surface area contributed by atoms with E-state index in [1.54, 1.807) is 18.2 Å². The van der Waals surface area contributed by atoms with Gasteiger partial charge in [0.25, 0.3) is 0 Å². The fraction of sp³-hybridized carbons (Fsp3) is 0.364. The Morgan fingerprint density at radius 1 is 1.56 bits per heavy atom. The van der Waals surface area contributed by atoms with Crippen molar-refractivity contribution in [2.24, 2.45) is 0 Å². The Balaban J connectivity index is 3.06.